The smallest absolute Gasteiger partial charge is 0.241 e. The monoisotopic (exact) mass is 682 g/mol. The normalized spacial score (nSPS) is 11.5. The summed E-state index contributed by atoms with van der Waals surface area (Å²) < 4.78 is 8.28. The van der Waals surface area contributed by atoms with Gasteiger partial charge in [0, 0.05) is 55.0 Å². The molecule has 0 saturated heterocycles. The number of rotatable bonds is 3. The van der Waals surface area contributed by atoms with Gasteiger partial charge in [-0.3, -0.25) is 0 Å². The average molecular weight is 683 g/mol. The van der Waals surface area contributed by atoms with E-state index in [1.54, 1.807) is 0 Å². The standard InChI is InChI=1S/C33H21N5.Pt/c1-35-18-19-36(22-35)24-12-9-13-25(20-24)38-31-17-8-6-15-27(31)29-21-28-26-14-5-7-16-30(26)37(32(28)34-33(29)38)23-10-3-2-4-11-23;/h2-10,12-19,21H,1H3;/q-2;. The summed E-state index contributed by atoms with van der Waals surface area (Å²) >= 11 is 0. The van der Waals surface area contributed by atoms with E-state index < -0.39 is 0 Å². The molecular formula is C33H21N5Pt-2. The number of aryl methyl sites for hydroxylation is 1. The molecular weight excluding hydrogens is 661 g/mol. The van der Waals surface area contributed by atoms with E-state index >= 15 is 0 Å². The number of pyridine rings is 1. The second-order valence-electron chi connectivity index (χ2n) is 9.48. The molecule has 190 valence electrons. The van der Waals surface area contributed by atoms with Crippen LogP contribution in [0.5, 0.6) is 0 Å². The summed E-state index contributed by atoms with van der Waals surface area (Å²) in [6.07, 6.45) is 7.23. The van der Waals surface area contributed by atoms with Crippen LogP contribution >= 0.6 is 0 Å². The molecule has 0 unspecified atom stereocenters. The fourth-order valence-electron chi connectivity index (χ4n) is 5.52. The minimum absolute atomic E-state index is 0. The van der Waals surface area contributed by atoms with E-state index in [2.05, 4.69) is 100 Å². The molecule has 8 rings (SSSR count). The number of para-hydroxylation sites is 3. The van der Waals surface area contributed by atoms with Crippen LogP contribution in [0.25, 0.3) is 60.9 Å². The van der Waals surface area contributed by atoms with E-state index in [4.69, 9.17) is 4.98 Å². The molecule has 0 aliphatic rings. The summed E-state index contributed by atoms with van der Waals surface area (Å²) in [5.41, 5.74) is 6.84. The Bertz CT molecular complexity index is 2150. The van der Waals surface area contributed by atoms with Crippen LogP contribution in [0.2, 0.25) is 0 Å². The molecule has 0 amide bonds. The van der Waals surface area contributed by atoms with E-state index in [1.807, 2.05) is 52.8 Å². The first kappa shape index (κ1) is 23.6. The third-order valence-corrected chi connectivity index (χ3v) is 7.18. The Hall–Kier alpha value is -4.47. The molecule has 0 N–H and O–H groups in total. The van der Waals surface area contributed by atoms with Crippen molar-refractivity contribution in [2.45, 2.75) is 0 Å². The first-order valence-corrected chi connectivity index (χ1v) is 12.6. The van der Waals surface area contributed by atoms with Crippen molar-refractivity contribution in [1.82, 2.24) is 18.7 Å². The number of nitrogens with zero attached hydrogens (tertiary/aromatic N) is 5. The third-order valence-electron chi connectivity index (χ3n) is 7.18. The molecule has 0 atom stereocenters. The van der Waals surface area contributed by atoms with Crippen LogP contribution in [-0.2, 0) is 28.1 Å². The first-order valence-electron chi connectivity index (χ1n) is 12.6. The average Bonchev–Trinajstić information content (AvgIpc) is 3.64. The van der Waals surface area contributed by atoms with Gasteiger partial charge in [-0.05, 0) is 18.2 Å². The van der Waals surface area contributed by atoms with E-state index in [0.29, 0.717) is 0 Å². The summed E-state index contributed by atoms with van der Waals surface area (Å²) in [5, 5.41) is 4.58. The van der Waals surface area contributed by atoms with Crippen LogP contribution in [0.3, 0.4) is 0 Å². The maximum Gasteiger partial charge on any atom is 0.241 e. The van der Waals surface area contributed by atoms with Crippen molar-refractivity contribution in [2.75, 3.05) is 0 Å². The van der Waals surface area contributed by atoms with Gasteiger partial charge in [-0.25, -0.2) is 4.98 Å². The molecule has 39 heavy (non-hydrogen) atoms. The Balaban J connectivity index is 0.00000253. The zero-order valence-corrected chi connectivity index (χ0v) is 23.2. The van der Waals surface area contributed by atoms with Gasteiger partial charge < -0.3 is 18.3 Å². The van der Waals surface area contributed by atoms with Gasteiger partial charge in [0.05, 0.1) is 18.1 Å². The van der Waals surface area contributed by atoms with E-state index in [1.165, 1.54) is 5.39 Å². The molecule has 0 spiro atoms. The zero-order valence-electron chi connectivity index (χ0n) is 20.9. The Kier molecular flexibility index (Phi) is 5.50. The van der Waals surface area contributed by atoms with Gasteiger partial charge in [-0.2, -0.15) is 42.5 Å². The van der Waals surface area contributed by atoms with Gasteiger partial charge in [0.1, 0.15) is 11.3 Å². The molecule has 5 nitrogen and oxygen atoms in total. The molecule has 0 fully saturated rings. The minimum atomic E-state index is 0. The van der Waals surface area contributed by atoms with Crippen LogP contribution in [0.4, 0.5) is 0 Å². The predicted molar refractivity (Wildman–Crippen MR) is 150 cm³/mol. The Labute approximate surface area is 239 Å². The minimum Gasteiger partial charge on any atom is -0.348 e. The van der Waals surface area contributed by atoms with Gasteiger partial charge in [0.15, 0.2) is 0 Å². The van der Waals surface area contributed by atoms with Gasteiger partial charge in [0.2, 0.25) is 6.33 Å². The number of imidazole rings is 1. The fourth-order valence-corrected chi connectivity index (χ4v) is 5.52. The Morgan fingerprint density at radius 2 is 1.28 bits per heavy atom. The fraction of sp³-hybridized carbons (Fsp3) is 0.0303. The van der Waals surface area contributed by atoms with Crippen molar-refractivity contribution in [3.05, 3.63) is 128 Å². The number of hydrogen-bond acceptors (Lipinski definition) is 1. The van der Waals surface area contributed by atoms with Crippen molar-refractivity contribution in [1.29, 1.82) is 0 Å². The molecule has 0 bridgehead atoms. The summed E-state index contributed by atoms with van der Waals surface area (Å²) in [6.45, 7) is 0. The van der Waals surface area contributed by atoms with Gasteiger partial charge in [0.25, 0.3) is 0 Å². The SMILES string of the molecule is C[n+]1[c-]n(-c2[c-]c(-n3c4ccccc4c4cc5c6ccccc6n(-c6[c-]cccc6)c5nc43)ccc2)cc1.[Pt]. The second-order valence-corrected chi connectivity index (χ2v) is 9.48. The third kappa shape index (κ3) is 3.58. The van der Waals surface area contributed by atoms with E-state index in [9.17, 15) is 0 Å². The summed E-state index contributed by atoms with van der Waals surface area (Å²) in [6, 6.07) is 40.6. The van der Waals surface area contributed by atoms with Gasteiger partial charge in [-0.1, -0.05) is 53.5 Å². The summed E-state index contributed by atoms with van der Waals surface area (Å²) in [5.74, 6) is 0. The van der Waals surface area contributed by atoms with Crippen LogP contribution in [0.1, 0.15) is 0 Å². The number of hydrogen-bond donors (Lipinski definition) is 0. The molecule has 0 radical (unpaired) electrons. The van der Waals surface area contributed by atoms with Crippen molar-refractivity contribution in [3.8, 4) is 17.1 Å². The Morgan fingerprint density at radius 3 is 1.92 bits per heavy atom. The van der Waals surface area contributed by atoms with E-state index in [0.717, 1.165) is 55.5 Å². The molecule has 0 aliphatic heterocycles. The van der Waals surface area contributed by atoms with Crippen LogP contribution in [0, 0.1) is 18.5 Å². The molecule has 0 aliphatic carbocycles. The molecule has 0 saturated carbocycles. The van der Waals surface area contributed by atoms with Crippen molar-refractivity contribution >= 4 is 43.9 Å². The zero-order chi connectivity index (χ0) is 25.2. The van der Waals surface area contributed by atoms with Gasteiger partial charge in [-0.15, -0.1) is 12.1 Å². The summed E-state index contributed by atoms with van der Waals surface area (Å²) in [7, 11) is 1.96. The molecule has 8 aromatic rings. The predicted octanol–water partition coefficient (Wildman–Crippen LogP) is 6.29. The Morgan fingerprint density at radius 1 is 0.667 bits per heavy atom. The number of fused-ring (bicyclic) bond motifs is 6. The van der Waals surface area contributed by atoms with Crippen molar-refractivity contribution < 1.29 is 25.6 Å². The van der Waals surface area contributed by atoms with E-state index in [-0.39, 0.29) is 21.1 Å². The molecule has 4 aromatic heterocycles. The van der Waals surface area contributed by atoms with Crippen LogP contribution < -0.4 is 4.57 Å². The maximum absolute atomic E-state index is 5.38. The topological polar surface area (TPSA) is 31.6 Å². The van der Waals surface area contributed by atoms with Gasteiger partial charge >= 0.3 is 0 Å². The van der Waals surface area contributed by atoms with Crippen LogP contribution in [-0.4, -0.2) is 18.7 Å². The first-order chi connectivity index (χ1) is 18.8. The molecule has 4 aromatic carbocycles. The number of aromatic nitrogens is 5. The number of benzene rings is 4. The van der Waals surface area contributed by atoms with Crippen LogP contribution in [0.15, 0.2) is 109 Å². The quantitative estimate of drug-likeness (QED) is 0.159. The second kappa shape index (κ2) is 9.07. The van der Waals surface area contributed by atoms with Crippen molar-refractivity contribution in [2.24, 2.45) is 7.05 Å². The maximum atomic E-state index is 5.38. The largest absolute Gasteiger partial charge is 0.348 e. The van der Waals surface area contributed by atoms with Crippen molar-refractivity contribution in [3.63, 3.8) is 0 Å². The molecule has 4 heterocycles. The summed E-state index contributed by atoms with van der Waals surface area (Å²) in [4.78, 5) is 5.38. The molecule has 6 heteroatoms.